The molecule has 4 amide bonds. The van der Waals surface area contributed by atoms with E-state index in [9.17, 15) is 18.8 Å². The van der Waals surface area contributed by atoms with Crippen molar-refractivity contribution in [2.75, 3.05) is 19.8 Å². The molecule has 0 radical (unpaired) electrons. The zero-order valence-electron chi connectivity index (χ0n) is 16.4. The zero-order chi connectivity index (χ0) is 21.3. The first-order valence-electron chi connectivity index (χ1n) is 9.75. The van der Waals surface area contributed by atoms with Gasteiger partial charge in [-0.3, -0.25) is 9.59 Å². The molecule has 2 aromatic rings. The average Bonchev–Trinajstić information content (AvgIpc) is 3.44. The second-order valence-electron chi connectivity index (χ2n) is 6.84. The van der Waals surface area contributed by atoms with Crippen LogP contribution in [-0.4, -0.2) is 48.6 Å². The van der Waals surface area contributed by atoms with Gasteiger partial charge in [0.1, 0.15) is 11.7 Å². The Morgan fingerprint density at radius 2 is 1.83 bits per heavy atom. The first-order chi connectivity index (χ1) is 14.5. The highest BCUT2D eigenvalue weighted by Gasteiger charge is 2.23. The number of hydrogen-bond donors (Lipinski definition) is 4. The fourth-order valence-electron chi connectivity index (χ4n) is 2.59. The largest absolute Gasteiger partial charge is 0.353 e. The predicted octanol–water partition coefficient (Wildman–Crippen LogP) is 1.98. The van der Waals surface area contributed by atoms with Crippen molar-refractivity contribution in [1.82, 2.24) is 26.3 Å². The van der Waals surface area contributed by atoms with Crippen molar-refractivity contribution in [2.45, 2.75) is 31.8 Å². The Kier molecular flexibility index (Phi) is 7.72. The Morgan fingerprint density at radius 3 is 2.53 bits per heavy atom. The molecule has 0 saturated heterocycles. The Morgan fingerprint density at radius 1 is 1.07 bits per heavy atom. The van der Waals surface area contributed by atoms with Gasteiger partial charge in [0, 0.05) is 37.3 Å². The fraction of sp³-hybridized carbons (Fsp3) is 0.400. The minimum Gasteiger partial charge on any atom is -0.353 e. The molecular formula is C20H24FN5O3S. The van der Waals surface area contributed by atoms with Crippen molar-refractivity contribution in [1.29, 1.82) is 0 Å². The van der Waals surface area contributed by atoms with Crippen LogP contribution in [-0.2, 0) is 11.3 Å². The highest BCUT2D eigenvalue weighted by atomic mass is 32.1. The first-order valence-corrected chi connectivity index (χ1v) is 10.6. The molecule has 1 aliphatic rings. The summed E-state index contributed by atoms with van der Waals surface area (Å²) in [6.45, 7) is -0.219. The van der Waals surface area contributed by atoms with E-state index in [1.807, 2.05) is 12.1 Å². The number of hydrogen-bond acceptors (Lipinski definition) is 5. The van der Waals surface area contributed by atoms with Crippen LogP contribution in [0.5, 0.6) is 0 Å². The van der Waals surface area contributed by atoms with E-state index in [0.29, 0.717) is 11.6 Å². The molecule has 1 fully saturated rings. The molecule has 0 atom stereocenters. The van der Waals surface area contributed by atoms with Gasteiger partial charge in [-0.05, 0) is 30.5 Å². The molecule has 160 valence electrons. The number of aromatic nitrogens is 1. The number of benzene rings is 1. The number of nitrogens with one attached hydrogen (secondary N) is 4. The number of urea groups is 1. The lowest BCUT2D eigenvalue weighted by Gasteiger charge is -2.06. The molecule has 1 aliphatic carbocycles. The third kappa shape index (κ3) is 6.80. The molecule has 1 aromatic carbocycles. The SMILES string of the molecule is O=C(CCNC(=O)NCc1ncc(-c2ccc(C(=O)NC3CC3)cc2)s1)NCCF. The van der Waals surface area contributed by atoms with Gasteiger partial charge >= 0.3 is 6.03 Å². The molecular weight excluding hydrogens is 409 g/mol. The molecule has 0 spiro atoms. The van der Waals surface area contributed by atoms with Crippen LogP contribution in [0.15, 0.2) is 30.5 Å². The first kappa shape index (κ1) is 21.7. The zero-order valence-corrected chi connectivity index (χ0v) is 17.2. The van der Waals surface area contributed by atoms with Gasteiger partial charge in [-0.2, -0.15) is 0 Å². The standard InChI is InChI=1S/C20H24FN5O3S/c21-8-10-22-17(27)7-9-23-20(29)25-12-18-24-11-16(30-18)13-1-3-14(4-2-13)19(28)26-15-5-6-15/h1-4,11,15H,5-10,12H2,(H,22,27)(H,26,28)(H2,23,25,29). The van der Waals surface area contributed by atoms with Gasteiger partial charge in [-0.25, -0.2) is 14.2 Å². The summed E-state index contributed by atoms with van der Waals surface area (Å²) in [7, 11) is 0. The maximum Gasteiger partial charge on any atom is 0.315 e. The van der Waals surface area contributed by atoms with Crippen LogP contribution in [0, 0.1) is 0 Å². The van der Waals surface area contributed by atoms with Gasteiger partial charge in [0.05, 0.1) is 11.4 Å². The van der Waals surface area contributed by atoms with E-state index in [-0.39, 0.29) is 37.9 Å². The van der Waals surface area contributed by atoms with Crippen LogP contribution < -0.4 is 21.3 Å². The molecule has 4 N–H and O–H groups in total. The van der Waals surface area contributed by atoms with E-state index in [1.165, 1.54) is 11.3 Å². The summed E-state index contributed by atoms with van der Waals surface area (Å²) in [4.78, 5) is 40.4. The summed E-state index contributed by atoms with van der Waals surface area (Å²) >= 11 is 1.45. The quantitative estimate of drug-likeness (QED) is 0.459. The summed E-state index contributed by atoms with van der Waals surface area (Å²) in [6, 6.07) is 7.27. The number of thiazole rings is 1. The lowest BCUT2D eigenvalue weighted by Crippen LogP contribution is -2.37. The molecule has 30 heavy (non-hydrogen) atoms. The summed E-state index contributed by atoms with van der Waals surface area (Å²) in [5.41, 5.74) is 1.58. The summed E-state index contributed by atoms with van der Waals surface area (Å²) < 4.78 is 12.0. The molecule has 8 nitrogen and oxygen atoms in total. The van der Waals surface area contributed by atoms with E-state index in [2.05, 4.69) is 26.3 Å². The molecule has 0 bridgehead atoms. The van der Waals surface area contributed by atoms with Crippen LogP contribution >= 0.6 is 11.3 Å². The second-order valence-corrected chi connectivity index (χ2v) is 7.96. The Balaban J connectivity index is 1.41. The maximum atomic E-state index is 12.1. The Labute approximate surface area is 177 Å². The van der Waals surface area contributed by atoms with Gasteiger partial charge < -0.3 is 21.3 Å². The number of amides is 4. The lowest BCUT2D eigenvalue weighted by molar-refractivity contribution is -0.121. The Hall–Kier alpha value is -3.01. The number of carbonyl (C=O) groups is 3. The number of carbonyl (C=O) groups excluding carboxylic acids is 3. The van der Waals surface area contributed by atoms with Gasteiger partial charge in [0.25, 0.3) is 5.91 Å². The van der Waals surface area contributed by atoms with Crippen molar-refractivity contribution >= 4 is 29.2 Å². The van der Waals surface area contributed by atoms with E-state index >= 15 is 0 Å². The monoisotopic (exact) mass is 433 g/mol. The summed E-state index contributed by atoms with van der Waals surface area (Å²) in [5, 5.41) is 11.3. The van der Waals surface area contributed by atoms with Crippen molar-refractivity contribution in [2.24, 2.45) is 0 Å². The van der Waals surface area contributed by atoms with Crippen LogP contribution in [0.2, 0.25) is 0 Å². The highest BCUT2D eigenvalue weighted by molar-refractivity contribution is 7.15. The van der Waals surface area contributed by atoms with Crippen molar-refractivity contribution < 1.29 is 18.8 Å². The molecule has 0 aliphatic heterocycles. The minimum atomic E-state index is -0.616. The van der Waals surface area contributed by atoms with E-state index in [4.69, 9.17) is 0 Å². The third-order valence-electron chi connectivity index (χ3n) is 4.35. The number of halogens is 1. The fourth-order valence-corrected chi connectivity index (χ4v) is 3.45. The molecule has 10 heteroatoms. The number of nitrogens with zero attached hydrogens (tertiary/aromatic N) is 1. The summed E-state index contributed by atoms with van der Waals surface area (Å²) in [6.07, 6.45) is 3.92. The molecule has 1 heterocycles. The van der Waals surface area contributed by atoms with E-state index in [1.54, 1.807) is 18.3 Å². The molecule has 3 rings (SSSR count). The normalized spacial score (nSPS) is 12.8. The topological polar surface area (TPSA) is 112 Å². The Bertz CT molecular complexity index is 883. The van der Waals surface area contributed by atoms with Crippen molar-refractivity contribution in [3.8, 4) is 10.4 Å². The van der Waals surface area contributed by atoms with Gasteiger partial charge in [0.2, 0.25) is 5.91 Å². The highest BCUT2D eigenvalue weighted by Crippen LogP contribution is 2.26. The van der Waals surface area contributed by atoms with E-state index in [0.717, 1.165) is 28.3 Å². The minimum absolute atomic E-state index is 0.0200. The number of alkyl halides is 1. The van der Waals surface area contributed by atoms with Crippen LogP contribution in [0.1, 0.15) is 34.6 Å². The third-order valence-corrected chi connectivity index (χ3v) is 5.40. The van der Waals surface area contributed by atoms with Gasteiger partial charge in [-0.1, -0.05) is 12.1 Å². The van der Waals surface area contributed by atoms with Crippen LogP contribution in [0.25, 0.3) is 10.4 Å². The molecule has 1 aromatic heterocycles. The molecule has 1 saturated carbocycles. The smallest absolute Gasteiger partial charge is 0.315 e. The average molecular weight is 434 g/mol. The molecule has 0 unspecified atom stereocenters. The second kappa shape index (κ2) is 10.7. The van der Waals surface area contributed by atoms with Crippen molar-refractivity contribution in [3.63, 3.8) is 0 Å². The summed E-state index contributed by atoms with van der Waals surface area (Å²) in [5.74, 6) is -0.363. The van der Waals surface area contributed by atoms with E-state index < -0.39 is 12.7 Å². The maximum absolute atomic E-state index is 12.1. The number of rotatable bonds is 10. The predicted molar refractivity (Wildman–Crippen MR) is 112 cm³/mol. The van der Waals surface area contributed by atoms with Gasteiger partial charge in [0.15, 0.2) is 0 Å². The van der Waals surface area contributed by atoms with Crippen LogP contribution in [0.4, 0.5) is 9.18 Å². The van der Waals surface area contributed by atoms with Crippen LogP contribution in [0.3, 0.4) is 0 Å². The lowest BCUT2D eigenvalue weighted by atomic mass is 10.1. The van der Waals surface area contributed by atoms with Gasteiger partial charge in [-0.15, -0.1) is 11.3 Å². The van der Waals surface area contributed by atoms with Crippen molar-refractivity contribution in [3.05, 3.63) is 41.0 Å².